The summed E-state index contributed by atoms with van der Waals surface area (Å²) < 4.78 is 5.50. The Bertz CT molecular complexity index is 455. The molecule has 1 aromatic heterocycles. The molecule has 0 atom stereocenters. The molecule has 0 aromatic carbocycles. The average Bonchev–Trinajstić information content (AvgIpc) is 2.50. The second kappa shape index (κ2) is 7.61. The van der Waals surface area contributed by atoms with Crippen molar-refractivity contribution in [1.29, 1.82) is 0 Å². The SMILES string of the molecule is CCCNc1nc(OCCC)nc(N2CCNC(=O)C2)n1. The van der Waals surface area contributed by atoms with Gasteiger partial charge in [-0.1, -0.05) is 13.8 Å². The van der Waals surface area contributed by atoms with Gasteiger partial charge in [-0.15, -0.1) is 0 Å². The van der Waals surface area contributed by atoms with Crippen molar-refractivity contribution in [3.8, 4) is 6.01 Å². The summed E-state index contributed by atoms with van der Waals surface area (Å²) in [5.74, 6) is 0.934. The van der Waals surface area contributed by atoms with E-state index >= 15 is 0 Å². The molecule has 0 radical (unpaired) electrons. The largest absolute Gasteiger partial charge is 0.463 e. The summed E-state index contributed by atoms with van der Waals surface area (Å²) in [6, 6.07) is 0.298. The molecule has 2 N–H and O–H groups in total. The van der Waals surface area contributed by atoms with Crippen molar-refractivity contribution in [3.05, 3.63) is 0 Å². The van der Waals surface area contributed by atoms with E-state index in [9.17, 15) is 4.79 Å². The summed E-state index contributed by atoms with van der Waals surface area (Å²) in [7, 11) is 0. The third-order valence-electron chi connectivity index (χ3n) is 2.89. The maximum atomic E-state index is 11.5. The number of hydrogen-bond donors (Lipinski definition) is 2. The first kappa shape index (κ1) is 15.3. The molecule has 1 amide bonds. The number of nitrogens with one attached hydrogen (secondary N) is 2. The summed E-state index contributed by atoms with van der Waals surface area (Å²) in [4.78, 5) is 26.2. The van der Waals surface area contributed by atoms with E-state index < -0.39 is 0 Å². The number of anilines is 2. The zero-order chi connectivity index (χ0) is 15.1. The van der Waals surface area contributed by atoms with Crippen molar-refractivity contribution >= 4 is 17.8 Å². The molecule has 0 aliphatic carbocycles. The number of carbonyl (C=O) groups is 1. The van der Waals surface area contributed by atoms with E-state index in [1.165, 1.54) is 0 Å². The molecule has 21 heavy (non-hydrogen) atoms. The van der Waals surface area contributed by atoms with Gasteiger partial charge >= 0.3 is 6.01 Å². The van der Waals surface area contributed by atoms with Gasteiger partial charge in [0.25, 0.3) is 0 Å². The number of carbonyl (C=O) groups excluding carboxylic acids is 1. The summed E-state index contributed by atoms with van der Waals surface area (Å²) in [6.45, 7) is 6.94. The van der Waals surface area contributed by atoms with Crippen LogP contribution in [0.1, 0.15) is 26.7 Å². The van der Waals surface area contributed by atoms with E-state index in [0.717, 1.165) is 19.4 Å². The van der Waals surface area contributed by atoms with Gasteiger partial charge in [-0.05, 0) is 12.8 Å². The Hall–Kier alpha value is -2.12. The molecule has 1 aliphatic rings. The van der Waals surface area contributed by atoms with Gasteiger partial charge in [-0.2, -0.15) is 15.0 Å². The minimum absolute atomic E-state index is 0.0271. The normalized spacial score (nSPS) is 14.8. The van der Waals surface area contributed by atoms with Crippen LogP contribution in [0.5, 0.6) is 6.01 Å². The highest BCUT2D eigenvalue weighted by Crippen LogP contribution is 2.16. The van der Waals surface area contributed by atoms with Crippen LogP contribution in [0.4, 0.5) is 11.9 Å². The minimum atomic E-state index is -0.0271. The third kappa shape index (κ3) is 4.44. The fraction of sp³-hybridized carbons (Fsp3) is 0.692. The predicted molar refractivity (Wildman–Crippen MR) is 79.6 cm³/mol. The number of aromatic nitrogens is 3. The van der Waals surface area contributed by atoms with Crippen LogP contribution in [0.3, 0.4) is 0 Å². The Morgan fingerprint density at radius 2 is 2.14 bits per heavy atom. The number of rotatable bonds is 7. The van der Waals surface area contributed by atoms with Crippen molar-refractivity contribution in [2.75, 3.05) is 43.0 Å². The molecule has 1 fully saturated rings. The van der Waals surface area contributed by atoms with Crippen LogP contribution >= 0.6 is 0 Å². The molecule has 0 unspecified atom stereocenters. The van der Waals surface area contributed by atoms with E-state index in [1.54, 1.807) is 0 Å². The monoisotopic (exact) mass is 294 g/mol. The van der Waals surface area contributed by atoms with Crippen LogP contribution in [0.25, 0.3) is 0 Å². The molecule has 2 rings (SSSR count). The lowest BCUT2D eigenvalue weighted by Gasteiger charge is -2.26. The maximum Gasteiger partial charge on any atom is 0.323 e. The summed E-state index contributed by atoms with van der Waals surface area (Å²) in [5.41, 5.74) is 0. The van der Waals surface area contributed by atoms with Gasteiger partial charge in [0.2, 0.25) is 17.8 Å². The molecule has 8 nitrogen and oxygen atoms in total. The Kier molecular flexibility index (Phi) is 5.53. The van der Waals surface area contributed by atoms with E-state index in [1.807, 2.05) is 11.8 Å². The molecule has 2 heterocycles. The molecular weight excluding hydrogens is 272 g/mol. The summed E-state index contributed by atoms with van der Waals surface area (Å²) >= 11 is 0. The maximum absolute atomic E-state index is 11.5. The van der Waals surface area contributed by atoms with E-state index in [2.05, 4.69) is 32.5 Å². The highest BCUT2D eigenvalue weighted by molar-refractivity contribution is 5.81. The first-order valence-corrected chi connectivity index (χ1v) is 7.37. The number of hydrogen-bond acceptors (Lipinski definition) is 7. The lowest BCUT2D eigenvalue weighted by molar-refractivity contribution is -0.120. The number of piperazine rings is 1. The lowest BCUT2D eigenvalue weighted by Crippen LogP contribution is -2.48. The van der Waals surface area contributed by atoms with Gasteiger partial charge < -0.3 is 20.3 Å². The van der Waals surface area contributed by atoms with E-state index in [0.29, 0.717) is 37.6 Å². The van der Waals surface area contributed by atoms with Crippen molar-refractivity contribution in [2.24, 2.45) is 0 Å². The van der Waals surface area contributed by atoms with Crippen molar-refractivity contribution in [2.45, 2.75) is 26.7 Å². The van der Waals surface area contributed by atoms with Gasteiger partial charge in [-0.25, -0.2) is 0 Å². The molecular formula is C13H22N6O2. The molecule has 0 spiro atoms. The number of nitrogens with zero attached hydrogens (tertiary/aromatic N) is 4. The van der Waals surface area contributed by atoms with Crippen molar-refractivity contribution in [1.82, 2.24) is 20.3 Å². The van der Waals surface area contributed by atoms with E-state index in [-0.39, 0.29) is 12.5 Å². The fourth-order valence-electron chi connectivity index (χ4n) is 1.87. The number of ether oxygens (including phenoxy) is 1. The Balaban J connectivity index is 2.18. The molecule has 0 bridgehead atoms. The van der Waals surface area contributed by atoms with E-state index in [4.69, 9.17) is 4.74 Å². The topological polar surface area (TPSA) is 92.3 Å². The molecule has 116 valence electrons. The molecule has 0 saturated carbocycles. The van der Waals surface area contributed by atoms with Gasteiger partial charge in [0.1, 0.15) is 0 Å². The molecule has 1 aliphatic heterocycles. The second-order valence-corrected chi connectivity index (χ2v) is 4.79. The zero-order valence-corrected chi connectivity index (χ0v) is 12.6. The molecule has 1 saturated heterocycles. The first-order chi connectivity index (χ1) is 10.2. The highest BCUT2D eigenvalue weighted by atomic mass is 16.5. The molecule has 1 aromatic rings. The standard InChI is InChI=1S/C13H22N6O2/c1-3-5-15-11-16-12(18-13(17-11)21-8-4-2)19-7-6-14-10(20)9-19/h3-9H2,1-2H3,(H,14,20)(H,15,16,17,18). The highest BCUT2D eigenvalue weighted by Gasteiger charge is 2.20. The zero-order valence-electron chi connectivity index (χ0n) is 12.6. The van der Waals surface area contributed by atoms with Crippen LogP contribution < -0.4 is 20.3 Å². The Morgan fingerprint density at radius 3 is 2.86 bits per heavy atom. The Labute approximate surface area is 124 Å². The minimum Gasteiger partial charge on any atom is -0.463 e. The van der Waals surface area contributed by atoms with Crippen LogP contribution in [0.2, 0.25) is 0 Å². The van der Waals surface area contributed by atoms with Gasteiger partial charge in [0, 0.05) is 19.6 Å². The quantitative estimate of drug-likeness (QED) is 0.752. The predicted octanol–water partition coefficient (Wildman–Crippen LogP) is 0.419. The summed E-state index contributed by atoms with van der Waals surface area (Å²) in [6.07, 6.45) is 1.85. The second-order valence-electron chi connectivity index (χ2n) is 4.79. The summed E-state index contributed by atoms with van der Waals surface area (Å²) in [5, 5.41) is 5.91. The van der Waals surface area contributed by atoms with Crippen LogP contribution in [0.15, 0.2) is 0 Å². The van der Waals surface area contributed by atoms with Crippen LogP contribution in [-0.2, 0) is 4.79 Å². The smallest absolute Gasteiger partial charge is 0.323 e. The van der Waals surface area contributed by atoms with Gasteiger partial charge in [0.15, 0.2) is 0 Å². The number of amides is 1. The van der Waals surface area contributed by atoms with Crippen molar-refractivity contribution in [3.63, 3.8) is 0 Å². The lowest BCUT2D eigenvalue weighted by atomic mass is 10.4. The fourth-order valence-corrected chi connectivity index (χ4v) is 1.87. The average molecular weight is 294 g/mol. The Morgan fingerprint density at radius 1 is 1.29 bits per heavy atom. The van der Waals surface area contributed by atoms with Gasteiger partial charge in [-0.3, -0.25) is 4.79 Å². The molecule has 8 heteroatoms. The first-order valence-electron chi connectivity index (χ1n) is 7.37. The third-order valence-corrected chi connectivity index (χ3v) is 2.89. The van der Waals surface area contributed by atoms with Crippen molar-refractivity contribution < 1.29 is 9.53 Å². The van der Waals surface area contributed by atoms with Gasteiger partial charge in [0.05, 0.1) is 13.2 Å². The van der Waals surface area contributed by atoms with Crippen LogP contribution in [0, 0.1) is 0 Å². The van der Waals surface area contributed by atoms with Crippen LogP contribution in [-0.4, -0.2) is 53.6 Å².